The highest BCUT2D eigenvalue weighted by Crippen LogP contribution is 2.64. The molecule has 0 radical (unpaired) electrons. The topological polar surface area (TPSA) is 35.2 Å². The van der Waals surface area contributed by atoms with Gasteiger partial charge < -0.3 is 10.5 Å². The van der Waals surface area contributed by atoms with Crippen molar-refractivity contribution in [3.05, 3.63) is 0 Å². The lowest BCUT2D eigenvalue weighted by Gasteiger charge is -2.56. The molecule has 24 heavy (non-hydrogen) atoms. The lowest BCUT2D eigenvalue weighted by molar-refractivity contribution is -0.0717. The average Bonchev–Trinajstić information content (AvgIpc) is 2.95. The van der Waals surface area contributed by atoms with E-state index >= 15 is 0 Å². The Kier molecular flexibility index (Phi) is 4.99. The van der Waals surface area contributed by atoms with E-state index in [1.54, 1.807) is 0 Å². The van der Waals surface area contributed by atoms with Crippen molar-refractivity contribution in [3.8, 4) is 0 Å². The zero-order valence-electron chi connectivity index (χ0n) is 16.0. The van der Waals surface area contributed by atoms with Crippen LogP contribution in [0.1, 0.15) is 71.6 Å². The summed E-state index contributed by atoms with van der Waals surface area (Å²) in [6.07, 6.45) is 13.3. The van der Waals surface area contributed by atoms with Crippen LogP contribution in [0.3, 0.4) is 0 Å². The van der Waals surface area contributed by atoms with Gasteiger partial charge in [-0.3, -0.25) is 0 Å². The molecule has 0 aromatic rings. The second kappa shape index (κ2) is 6.91. The third kappa shape index (κ3) is 2.76. The van der Waals surface area contributed by atoms with Crippen molar-refractivity contribution in [1.29, 1.82) is 0 Å². The van der Waals surface area contributed by atoms with Crippen LogP contribution in [0, 0.1) is 46.8 Å². The van der Waals surface area contributed by atoms with Gasteiger partial charge in [-0.05, 0) is 118 Å². The van der Waals surface area contributed by atoms with Crippen molar-refractivity contribution >= 4 is 0 Å². The molecule has 0 aromatic heterocycles. The molecule has 4 aliphatic carbocycles. The molecule has 138 valence electrons. The molecule has 8 unspecified atom stereocenters. The van der Waals surface area contributed by atoms with Gasteiger partial charge in [0.1, 0.15) is 0 Å². The SMILES string of the molecule is CCOCC1CCC2C(CCC3C2CCC2(C)C(CN)CCC32)C1. The molecule has 0 aromatic carbocycles. The molecule has 0 spiro atoms. The number of nitrogens with two attached hydrogens (primary N) is 1. The smallest absolute Gasteiger partial charge is 0.0494 e. The fraction of sp³-hybridized carbons (Fsp3) is 1.00. The van der Waals surface area contributed by atoms with Crippen LogP contribution in [-0.2, 0) is 4.74 Å². The van der Waals surface area contributed by atoms with Crippen LogP contribution < -0.4 is 5.73 Å². The van der Waals surface area contributed by atoms with E-state index in [2.05, 4.69) is 13.8 Å². The summed E-state index contributed by atoms with van der Waals surface area (Å²) in [6, 6.07) is 0. The summed E-state index contributed by atoms with van der Waals surface area (Å²) in [5, 5.41) is 0. The predicted molar refractivity (Wildman–Crippen MR) is 99.6 cm³/mol. The molecular formula is C22H39NO. The molecule has 0 bridgehead atoms. The maximum atomic E-state index is 6.14. The second-order valence-corrected chi connectivity index (χ2v) is 9.83. The maximum Gasteiger partial charge on any atom is 0.0494 e. The minimum atomic E-state index is 0.578. The minimum Gasteiger partial charge on any atom is -0.381 e. The molecular weight excluding hydrogens is 294 g/mol. The molecule has 8 atom stereocenters. The molecule has 4 rings (SSSR count). The lowest BCUT2D eigenvalue weighted by Crippen LogP contribution is -2.49. The van der Waals surface area contributed by atoms with E-state index in [1.165, 1.54) is 57.8 Å². The van der Waals surface area contributed by atoms with Crippen LogP contribution in [0.25, 0.3) is 0 Å². The number of rotatable bonds is 4. The van der Waals surface area contributed by atoms with Gasteiger partial charge >= 0.3 is 0 Å². The standard InChI is InChI=1S/C22H39NO/c1-3-24-14-15-4-7-18-16(12-15)5-8-20-19(18)10-11-22(2)17(13-23)6-9-21(20)22/h15-21H,3-14,23H2,1-2H3. The Labute approximate surface area is 149 Å². The van der Waals surface area contributed by atoms with Crippen LogP contribution in [-0.4, -0.2) is 19.8 Å². The molecule has 0 heterocycles. The minimum absolute atomic E-state index is 0.578. The molecule has 2 N–H and O–H groups in total. The summed E-state index contributed by atoms with van der Waals surface area (Å²) in [4.78, 5) is 0. The number of fused-ring (bicyclic) bond motifs is 5. The number of ether oxygens (including phenoxy) is 1. The van der Waals surface area contributed by atoms with Crippen LogP contribution in [0.5, 0.6) is 0 Å². The molecule has 0 aliphatic heterocycles. The van der Waals surface area contributed by atoms with Crippen molar-refractivity contribution in [1.82, 2.24) is 0 Å². The highest BCUT2D eigenvalue weighted by Gasteiger charge is 2.56. The van der Waals surface area contributed by atoms with Gasteiger partial charge in [0.15, 0.2) is 0 Å². The quantitative estimate of drug-likeness (QED) is 0.797. The molecule has 2 nitrogen and oxygen atoms in total. The predicted octanol–water partition coefficient (Wildman–Crippen LogP) is 4.87. The van der Waals surface area contributed by atoms with Crippen LogP contribution >= 0.6 is 0 Å². The molecule has 0 saturated heterocycles. The first-order valence-corrected chi connectivity index (χ1v) is 10.9. The van der Waals surface area contributed by atoms with E-state index in [4.69, 9.17) is 10.5 Å². The number of hydrogen-bond acceptors (Lipinski definition) is 2. The Morgan fingerprint density at radius 1 is 0.958 bits per heavy atom. The van der Waals surface area contributed by atoms with Crippen LogP contribution in [0.4, 0.5) is 0 Å². The third-order valence-electron chi connectivity index (χ3n) is 9.10. The molecule has 4 saturated carbocycles. The maximum absolute atomic E-state index is 6.14. The zero-order chi connectivity index (χ0) is 16.7. The van der Waals surface area contributed by atoms with Crippen molar-refractivity contribution in [2.45, 2.75) is 71.6 Å². The number of hydrogen-bond donors (Lipinski definition) is 1. The first kappa shape index (κ1) is 17.3. The first-order chi connectivity index (χ1) is 11.7. The van der Waals surface area contributed by atoms with Gasteiger partial charge in [-0.1, -0.05) is 6.92 Å². The summed E-state index contributed by atoms with van der Waals surface area (Å²) in [6.45, 7) is 7.57. The third-order valence-corrected chi connectivity index (χ3v) is 9.10. The summed E-state index contributed by atoms with van der Waals surface area (Å²) in [7, 11) is 0. The zero-order valence-corrected chi connectivity index (χ0v) is 16.0. The van der Waals surface area contributed by atoms with E-state index in [9.17, 15) is 0 Å². The van der Waals surface area contributed by atoms with Crippen LogP contribution in [0.2, 0.25) is 0 Å². The summed E-state index contributed by atoms with van der Waals surface area (Å²) in [5.74, 6) is 6.79. The van der Waals surface area contributed by atoms with Crippen molar-refractivity contribution in [2.24, 2.45) is 52.6 Å². The molecule has 2 heteroatoms. The van der Waals surface area contributed by atoms with E-state index in [1.807, 2.05) is 0 Å². The molecule has 0 amide bonds. The highest BCUT2D eigenvalue weighted by atomic mass is 16.5. The van der Waals surface area contributed by atoms with Crippen molar-refractivity contribution in [3.63, 3.8) is 0 Å². The van der Waals surface area contributed by atoms with E-state index in [0.717, 1.165) is 61.2 Å². The molecule has 4 aliphatic rings. The Hall–Kier alpha value is -0.0800. The van der Waals surface area contributed by atoms with E-state index < -0.39 is 0 Å². The fourth-order valence-electron chi connectivity index (χ4n) is 7.88. The van der Waals surface area contributed by atoms with Gasteiger partial charge in [-0.2, -0.15) is 0 Å². The Bertz CT molecular complexity index is 438. The normalized spacial score (nSPS) is 50.9. The van der Waals surface area contributed by atoms with Gasteiger partial charge in [0.05, 0.1) is 0 Å². The van der Waals surface area contributed by atoms with E-state index in [0.29, 0.717) is 5.41 Å². The highest BCUT2D eigenvalue weighted by molar-refractivity contribution is 5.06. The van der Waals surface area contributed by atoms with Crippen molar-refractivity contribution < 1.29 is 4.74 Å². The largest absolute Gasteiger partial charge is 0.381 e. The second-order valence-electron chi connectivity index (χ2n) is 9.83. The monoisotopic (exact) mass is 333 g/mol. The molecule has 4 fully saturated rings. The van der Waals surface area contributed by atoms with Gasteiger partial charge in [0.25, 0.3) is 0 Å². The van der Waals surface area contributed by atoms with Gasteiger partial charge in [-0.15, -0.1) is 0 Å². The summed E-state index contributed by atoms with van der Waals surface area (Å²) in [5.41, 5.74) is 6.72. The van der Waals surface area contributed by atoms with Gasteiger partial charge in [-0.25, -0.2) is 0 Å². The first-order valence-electron chi connectivity index (χ1n) is 10.9. The fourth-order valence-corrected chi connectivity index (χ4v) is 7.88. The van der Waals surface area contributed by atoms with Crippen LogP contribution in [0.15, 0.2) is 0 Å². The Balaban J connectivity index is 1.44. The average molecular weight is 334 g/mol. The Morgan fingerprint density at radius 2 is 1.79 bits per heavy atom. The van der Waals surface area contributed by atoms with Crippen molar-refractivity contribution in [2.75, 3.05) is 19.8 Å². The van der Waals surface area contributed by atoms with E-state index in [-0.39, 0.29) is 0 Å². The summed E-state index contributed by atoms with van der Waals surface area (Å²) >= 11 is 0. The van der Waals surface area contributed by atoms with Gasteiger partial charge in [0.2, 0.25) is 0 Å². The lowest BCUT2D eigenvalue weighted by atomic mass is 9.49. The van der Waals surface area contributed by atoms with Gasteiger partial charge in [0, 0.05) is 13.2 Å². The summed E-state index contributed by atoms with van der Waals surface area (Å²) < 4.78 is 5.74. The Morgan fingerprint density at radius 3 is 2.58 bits per heavy atom.